The second-order valence-corrected chi connectivity index (χ2v) is 5.13. The van der Waals surface area contributed by atoms with Crippen molar-refractivity contribution in [2.45, 2.75) is 32.7 Å². The third-order valence-corrected chi connectivity index (χ3v) is 3.66. The third-order valence-electron chi connectivity index (χ3n) is 3.66. The number of aryl methyl sites for hydroxylation is 2. The van der Waals surface area contributed by atoms with Gasteiger partial charge in [0, 0.05) is 6.04 Å². The van der Waals surface area contributed by atoms with E-state index in [1.54, 1.807) is 0 Å². The van der Waals surface area contributed by atoms with Gasteiger partial charge in [-0.15, -0.1) is 0 Å². The molecule has 0 aliphatic carbocycles. The molecule has 0 heterocycles. The van der Waals surface area contributed by atoms with Gasteiger partial charge in [-0.1, -0.05) is 61.0 Å². The zero-order valence-electron chi connectivity index (χ0n) is 12.1. The lowest BCUT2D eigenvalue weighted by Gasteiger charge is -2.17. The summed E-state index contributed by atoms with van der Waals surface area (Å²) in [5, 5.41) is 3.42. The summed E-state index contributed by atoms with van der Waals surface area (Å²) in [4.78, 5) is 0. The van der Waals surface area contributed by atoms with Gasteiger partial charge in [0.25, 0.3) is 0 Å². The van der Waals surface area contributed by atoms with Crippen LogP contribution in [0.15, 0.2) is 48.5 Å². The third kappa shape index (κ3) is 3.68. The van der Waals surface area contributed by atoms with Gasteiger partial charge < -0.3 is 5.32 Å². The standard InChI is InChI=1S/C18H23N/c1-4-15-8-10-17(11-9-15)18(19-3)13-16-7-5-6-14(2)12-16/h5-12,18-19H,4,13H2,1-3H3. The van der Waals surface area contributed by atoms with Crippen molar-refractivity contribution in [1.82, 2.24) is 5.32 Å². The topological polar surface area (TPSA) is 12.0 Å². The summed E-state index contributed by atoms with van der Waals surface area (Å²) >= 11 is 0. The fourth-order valence-electron chi connectivity index (χ4n) is 2.45. The van der Waals surface area contributed by atoms with Crippen LogP contribution in [0.1, 0.15) is 35.2 Å². The second-order valence-electron chi connectivity index (χ2n) is 5.13. The van der Waals surface area contributed by atoms with Crippen molar-refractivity contribution < 1.29 is 0 Å². The molecule has 1 atom stereocenters. The number of rotatable bonds is 5. The monoisotopic (exact) mass is 253 g/mol. The highest BCUT2D eigenvalue weighted by Gasteiger charge is 2.09. The Morgan fingerprint density at radius 3 is 2.32 bits per heavy atom. The largest absolute Gasteiger partial charge is 0.313 e. The van der Waals surface area contributed by atoms with Crippen LogP contribution in [0.3, 0.4) is 0 Å². The van der Waals surface area contributed by atoms with Crippen molar-refractivity contribution in [2.75, 3.05) is 7.05 Å². The van der Waals surface area contributed by atoms with Crippen molar-refractivity contribution in [3.63, 3.8) is 0 Å². The van der Waals surface area contributed by atoms with Crippen LogP contribution in [0.25, 0.3) is 0 Å². The van der Waals surface area contributed by atoms with Gasteiger partial charge in [0.05, 0.1) is 0 Å². The first-order chi connectivity index (χ1) is 9.22. The van der Waals surface area contributed by atoms with Crippen LogP contribution < -0.4 is 5.32 Å². The molecule has 0 aliphatic rings. The molecular weight excluding hydrogens is 230 g/mol. The maximum Gasteiger partial charge on any atom is 0.0358 e. The quantitative estimate of drug-likeness (QED) is 0.847. The average Bonchev–Trinajstić information content (AvgIpc) is 2.45. The number of benzene rings is 2. The minimum absolute atomic E-state index is 0.382. The summed E-state index contributed by atoms with van der Waals surface area (Å²) < 4.78 is 0. The van der Waals surface area contributed by atoms with E-state index in [1.807, 2.05) is 7.05 Å². The van der Waals surface area contributed by atoms with Crippen LogP contribution in [0.4, 0.5) is 0 Å². The first-order valence-corrected chi connectivity index (χ1v) is 7.04. The second kappa shape index (κ2) is 6.53. The number of hydrogen-bond acceptors (Lipinski definition) is 1. The summed E-state index contributed by atoms with van der Waals surface area (Å²) in [6, 6.07) is 18.1. The number of likely N-dealkylation sites (N-methyl/N-ethyl adjacent to an activating group) is 1. The molecule has 1 unspecified atom stereocenters. The van der Waals surface area contributed by atoms with E-state index in [9.17, 15) is 0 Å². The van der Waals surface area contributed by atoms with Gasteiger partial charge in [0.15, 0.2) is 0 Å². The summed E-state index contributed by atoms with van der Waals surface area (Å²) in [6.07, 6.45) is 2.13. The van der Waals surface area contributed by atoms with E-state index in [0.29, 0.717) is 6.04 Å². The van der Waals surface area contributed by atoms with Gasteiger partial charge in [0.2, 0.25) is 0 Å². The van der Waals surface area contributed by atoms with Crippen LogP contribution >= 0.6 is 0 Å². The summed E-state index contributed by atoms with van der Waals surface area (Å²) in [6.45, 7) is 4.34. The molecule has 1 heteroatoms. The molecule has 0 amide bonds. The lowest BCUT2D eigenvalue weighted by Crippen LogP contribution is -2.18. The summed E-state index contributed by atoms with van der Waals surface area (Å²) in [5.74, 6) is 0. The maximum atomic E-state index is 3.42. The molecule has 0 spiro atoms. The van der Waals surface area contributed by atoms with Crippen molar-refractivity contribution in [2.24, 2.45) is 0 Å². The van der Waals surface area contributed by atoms with Crippen molar-refractivity contribution in [1.29, 1.82) is 0 Å². The maximum absolute atomic E-state index is 3.42. The first kappa shape index (κ1) is 13.8. The Morgan fingerprint density at radius 2 is 1.74 bits per heavy atom. The van der Waals surface area contributed by atoms with E-state index >= 15 is 0 Å². The lowest BCUT2D eigenvalue weighted by atomic mass is 9.97. The summed E-state index contributed by atoms with van der Waals surface area (Å²) in [7, 11) is 2.04. The Morgan fingerprint density at radius 1 is 1.00 bits per heavy atom. The molecule has 100 valence electrons. The molecule has 2 aromatic rings. The number of hydrogen-bond donors (Lipinski definition) is 1. The Kier molecular flexibility index (Phi) is 4.75. The van der Waals surface area contributed by atoms with E-state index in [4.69, 9.17) is 0 Å². The fraction of sp³-hybridized carbons (Fsp3) is 0.333. The lowest BCUT2D eigenvalue weighted by molar-refractivity contribution is 0.591. The normalized spacial score (nSPS) is 12.4. The van der Waals surface area contributed by atoms with Gasteiger partial charge in [-0.3, -0.25) is 0 Å². The molecule has 0 saturated carbocycles. The summed E-state index contributed by atoms with van der Waals surface area (Å²) in [5.41, 5.74) is 5.47. The highest BCUT2D eigenvalue weighted by molar-refractivity contribution is 5.28. The predicted molar refractivity (Wildman–Crippen MR) is 82.5 cm³/mol. The SMILES string of the molecule is CCc1ccc(C(Cc2cccc(C)c2)NC)cc1. The van der Waals surface area contributed by atoms with Crippen LogP contribution in [0, 0.1) is 6.92 Å². The van der Waals surface area contributed by atoms with Gasteiger partial charge in [-0.05, 0) is 43.5 Å². The van der Waals surface area contributed by atoms with Crippen LogP contribution in [-0.2, 0) is 12.8 Å². The highest BCUT2D eigenvalue weighted by Crippen LogP contribution is 2.19. The van der Waals surface area contributed by atoms with Crippen molar-refractivity contribution >= 4 is 0 Å². The van der Waals surface area contributed by atoms with E-state index < -0.39 is 0 Å². The predicted octanol–water partition coefficient (Wildman–Crippen LogP) is 4.06. The molecular formula is C18H23N. The number of nitrogens with one attached hydrogen (secondary N) is 1. The van der Waals surface area contributed by atoms with E-state index in [2.05, 4.69) is 67.7 Å². The van der Waals surface area contributed by atoms with Gasteiger partial charge in [-0.25, -0.2) is 0 Å². The molecule has 0 bridgehead atoms. The molecule has 19 heavy (non-hydrogen) atoms. The van der Waals surface area contributed by atoms with Gasteiger partial charge >= 0.3 is 0 Å². The minimum atomic E-state index is 0.382. The van der Waals surface area contributed by atoms with Crippen molar-refractivity contribution in [3.05, 3.63) is 70.8 Å². The molecule has 1 N–H and O–H groups in total. The van der Waals surface area contributed by atoms with Gasteiger partial charge in [0.1, 0.15) is 0 Å². The smallest absolute Gasteiger partial charge is 0.0358 e. The van der Waals surface area contributed by atoms with E-state index in [1.165, 1.54) is 22.3 Å². The van der Waals surface area contributed by atoms with Crippen LogP contribution in [0.5, 0.6) is 0 Å². The minimum Gasteiger partial charge on any atom is -0.313 e. The molecule has 0 aliphatic heterocycles. The molecule has 2 aromatic carbocycles. The van der Waals surface area contributed by atoms with Crippen LogP contribution in [0.2, 0.25) is 0 Å². The molecule has 2 rings (SSSR count). The molecule has 1 nitrogen and oxygen atoms in total. The highest BCUT2D eigenvalue weighted by atomic mass is 14.9. The molecule has 0 radical (unpaired) electrons. The molecule has 0 aromatic heterocycles. The average molecular weight is 253 g/mol. The Balaban J connectivity index is 2.15. The molecule has 0 saturated heterocycles. The first-order valence-electron chi connectivity index (χ1n) is 7.04. The zero-order chi connectivity index (χ0) is 13.7. The van der Waals surface area contributed by atoms with E-state index in [0.717, 1.165) is 12.8 Å². The van der Waals surface area contributed by atoms with Gasteiger partial charge in [-0.2, -0.15) is 0 Å². The van der Waals surface area contributed by atoms with Crippen molar-refractivity contribution in [3.8, 4) is 0 Å². The fourth-order valence-corrected chi connectivity index (χ4v) is 2.45. The van der Waals surface area contributed by atoms with E-state index in [-0.39, 0.29) is 0 Å². The Labute approximate surface area is 116 Å². The van der Waals surface area contributed by atoms with Crippen LogP contribution in [-0.4, -0.2) is 7.05 Å². The zero-order valence-corrected chi connectivity index (χ0v) is 12.1. The molecule has 0 fully saturated rings. The Hall–Kier alpha value is -1.60. The Bertz CT molecular complexity index is 513.